The summed E-state index contributed by atoms with van der Waals surface area (Å²) < 4.78 is 1.50. The van der Waals surface area contributed by atoms with Crippen molar-refractivity contribution >= 4 is 17.2 Å². The van der Waals surface area contributed by atoms with Crippen LogP contribution in [0.5, 0.6) is 0 Å². The van der Waals surface area contributed by atoms with Crippen molar-refractivity contribution in [3.63, 3.8) is 0 Å². The average Bonchev–Trinajstić information content (AvgIpc) is 3.11. The number of carbonyl (C=O) groups is 1. The number of nitrogens with two attached hydrogens (primary N) is 1. The number of nitrogens with zero attached hydrogens (tertiary/aromatic N) is 4. The van der Waals surface area contributed by atoms with E-state index in [2.05, 4.69) is 15.3 Å². The average molecular weight is 271 g/mol. The maximum Gasteiger partial charge on any atom is 0.269 e. The molecular formula is C12H9N5OS. The van der Waals surface area contributed by atoms with Crippen molar-refractivity contribution in [3.05, 3.63) is 47.2 Å². The van der Waals surface area contributed by atoms with Gasteiger partial charge in [0.1, 0.15) is 5.69 Å². The normalized spacial score (nSPS) is 10.5. The largest absolute Gasteiger partial charge is 0.364 e. The molecule has 19 heavy (non-hydrogen) atoms. The van der Waals surface area contributed by atoms with Crippen molar-refractivity contribution in [1.29, 1.82) is 0 Å². The molecule has 6 nitrogen and oxygen atoms in total. The molecule has 0 radical (unpaired) electrons. The molecule has 0 aliphatic heterocycles. The van der Waals surface area contributed by atoms with Gasteiger partial charge in [0.15, 0.2) is 5.69 Å². The lowest BCUT2D eigenvalue weighted by molar-refractivity contribution is 0.0995. The van der Waals surface area contributed by atoms with Gasteiger partial charge >= 0.3 is 0 Å². The van der Waals surface area contributed by atoms with E-state index < -0.39 is 5.91 Å². The van der Waals surface area contributed by atoms with Crippen molar-refractivity contribution < 1.29 is 4.79 Å². The number of pyridine rings is 1. The van der Waals surface area contributed by atoms with E-state index in [4.69, 9.17) is 5.73 Å². The minimum Gasteiger partial charge on any atom is -0.364 e. The summed E-state index contributed by atoms with van der Waals surface area (Å²) in [6, 6.07) is 3.79. The predicted octanol–water partition coefficient (Wildman–Crippen LogP) is 1.49. The molecule has 0 saturated carbocycles. The molecule has 2 N–H and O–H groups in total. The molecule has 0 atom stereocenters. The van der Waals surface area contributed by atoms with Gasteiger partial charge in [-0.2, -0.15) is 11.3 Å². The Morgan fingerprint density at radius 1 is 1.32 bits per heavy atom. The smallest absolute Gasteiger partial charge is 0.269 e. The third-order valence-electron chi connectivity index (χ3n) is 2.64. The second-order valence-electron chi connectivity index (χ2n) is 3.78. The number of amides is 1. The highest BCUT2D eigenvalue weighted by Gasteiger charge is 2.17. The highest BCUT2D eigenvalue weighted by Crippen LogP contribution is 2.29. The molecule has 3 rings (SSSR count). The molecule has 0 aromatic carbocycles. The molecule has 0 bridgehead atoms. The van der Waals surface area contributed by atoms with Gasteiger partial charge < -0.3 is 5.73 Å². The summed E-state index contributed by atoms with van der Waals surface area (Å²) >= 11 is 1.57. The van der Waals surface area contributed by atoms with Crippen molar-refractivity contribution in [2.24, 2.45) is 5.73 Å². The fourth-order valence-electron chi connectivity index (χ4n) is 1.84. The van der Waals surface area contributed by atoms with Crippen LogP contribution in [-0.4, -0.2) is 25.9 Å². The first-order valence-electron chi connectivity index (χ1n) is 5.45. The topological polar surface area (TPSA) is 86.7 Å². The Morgan fingerprint density at radius 2 is 2.21 bits per heavy atom. The molecule has 3 aromatic heterocycles. The van der Waals surface area contributed by atoms with E-state index in [0.29, 0.717) is 5.69 Å². The fraction of sp³-hybridized carbons (Fsp3) is 0. The first-order valence-corrected chi connectivity index (χ1v) is 6.39. The van der Waals surface area contributed by atoms with Crippen LogP contribution in [0.3, 0.4) is 0 Å². The lowest BCUT2D eigenvalue weighted by Crippen LogP contribution is -2.17. The maximum absolute atomic E-state index is 11.5. The molecule has 1 amide bonds. The number of aromatic nitrogens is 4. The summed E-state index contributed by atoms with van der Waals surface area (Å²) in [4.78, 5) is 15.6. The van der Waals surface area contributed by atoms with Crippen LogP contribution < -0.4 is 5.73 Å². The molecule has 94 valence electrons. The van der Waals surface area contributed by atoms with E-state index in [1.165, 1.54) is 10.9 Å². The van der Waals surface area contributed by atoms with Gasteiger partial charge in [-0.15, -0.1) is 5.10 Å². The van der Waals surface area contributed by atoms with Gasteiger partial charge in [0.2, 0.25) is 0 Å². The Bertz CT molecular complexity index is 706. The second-order valence-corrected chi connectivity index (χ2v) is 4.56. The molecule has 0 fully saturated rings. The van der Waals surface area contributed by atoms with E-state index in [9.17, 15) is 4.79 Å². The first kappa shape index (κ1) is 11.5. The van der Waals surface area contributed by atoms with Crippen molar-refractivity contribution in [2.45, 2.75) is 0 Å². The molecule has 0 spiro atoms. The zero-order valence-electron chi connectivity index (χ0n) is 9.72. The second kappa shape index (κ2) is 4.62. The number of hydrogen-bond donors (Lipinski definition) is 1. The highest BCUT2D eigenvalue weighted by atomic mass is 32.1. The lowest BCUT2D eigenvalue weighted by atomic mass is 10.1. The van der Waals surface area contributed by atoms with Gasteiger partial charge in [-0.05, 0) is 28.5 Å². The van der Waals surface area contributed by atoms with Crippen molar-refractivity contribution in [1.82, 2.24) is 20.0 Å². The van der Waals surface area contributed by atoms with Gasteiger partial charge in [0.25, 0.3) is 5.91 Å². The van der Waals surface area contributed by atoms with Crippen LogP contribution in [0.4, 0.5) is 0 Å². The van der Waals surface area contributed by atoms with E-state index in [-0.39, 0.29) is 5.69 Å². The van der Waals surface area contributed by atoms with Crippen LogP contribution >= 0.6 is 11.3 Å². The third kappa shape index (κ3) is 2.00. The van der Waals surface area contributed by atoms with Gasteiger partial charge in [0, 0.05) is 11.8 Å². The van der Waals surface area contributed by atoms with E-state index in [1.54, 1.807) is 23.7 Å². The van der Waals surface area contributed by atoms with Crippen molar-refractivity contribution in [2.75, 3.05) is 0 Å². The van der Waals surface area contributed by atoms with Crippen LogP contribution in [0.15, 0.2) is 41.5 Å². The lowest BCUT2D eigenvalue weighted by Gasteiger charge is -2.10. The Balaban J connectivity index is 2.31. The Morgan fingerprint density at radius 3 is 2.84 bits per heavy atom. The molecule has 0 aliphatic rings. The third-order valence-corrected chi connectivity index (χ3v) is 3.32. The Labute approximate surface area is 112 Å². The molecule has 7 heteroatoms. The van der Waals surface area contributed by atoms with Crippen LogP contribution in [0.25, 0.3) is 16.8 Å². The zero-order valence-corrected chi connectivity index (χ0v) is 10.5. The number of carbonyl (C=O) groups excluding carboxylic acids is 1. The van der Waals surface area contributed by atoms with Crippen molar-refractivity contribution in [3.8, 4) is 16.8 Å². The van der Waals surface area contributed by atoms with Crippen LogP contribution in [0.1, 0.15) is 10.5 Å². The molecule has 3 aromatic rings. The van der Waals surface area contributed by atoms with Crippen LogP contribution in [0.2, 0.25) is 0 Å². The van der Waals surface area contributed by atoms with Gasteiger partial charge in [0.05, 0.1) is 12.4 Å². The van der Waals surface area contributed by atoms with E-state index >= 15 is 0 Å². The summed E-state index contributed by atoms with van der Waals surface area (Å²) in [6.07, 6.45) is 4.75. The number of thiophene rings is 1. The Hall–Kier alpha value is -2.54. The summed E-state index contributed by atoms with van der Waals surface area (Å²) in [5, 5.41) is 11.6. The first-order chi connectivity index (χ1) is 9.27. The predicted molar refractivity (Wildman–Crippen MR) is 71.0 cm³/mol. The highest BCUT2D eigenvalue weighted by molar-refractivity contribution is 7.08. The summed E-state index contributed by atoms with van der Waals surface area (Å²) in [6.45, 7) is 0. The number of primary amides is 1. The number of hydrogen-bond acceptors (Lipinski definition) is 5. The SMILES string of the molecule is NC(=O)c1nccc(-c2ccsc2)c1-n1ccnn1. The summed E-state index contributed by atoms with van der Waals surface area (Å²) in [5.74, 6) is -0.595. The Kier molecular flexibility index (Phi) is 2.81. The van der Waals surface area contributed by atoms with Crippen LogP contribution in [0, 0.1) is 0 Å². The molecule has 0 saturated heterocycles. The standard InChI is InChI=1S/C12H9N5OS/c13-12(18)10-11(17-5-4-15-16-17)9(1-3-14-10)8-2-6-19-7-8/h1-7H,(H2,13,18). The molecule has 3 heterocycles. The minimum atomic E-state index is -0.595. The fourth-order valence-corrected chi connectivity index (χ4v) is 2.50. The quantitative estimate of drug-likeness (QED) is 0.781. The maximum atomic E-state index is 11.5. The summed E-state index contributed by atoms with van der Waals surface area (Å²) in [5.41, 5.74) is 7.93. The van der Waals surface area contributed by atoms with Crippen LogP contribution in [-0.2, 0) is 0 Å². The zero-order chi connectivity index (χ0) is 13.2. The van der Waals surface area contributed by atoms with E-state index in [1.807, 2.05) is 22.9 Å². The molecule has 0 unspecified atom stereocenters. The van der Waals surface area contributed by atoms with Gasteiger partial charge in [-0.3, -0.25) is 4.79 Å². The summed E-state index contributed by atoms with van der Waals surface area (Å²) in [7, 11) is 0. The number of rotatable bonds is 3. The monoisotopic (exact) mass is 271 g/mol. The van der Waals surface area contributed by atoms with Gasteiger partial charge in [-0.1, -0.05) is 5.21 Å². The van der Waals surface area contributed by atoms with Gasteiger partial charge in [-0.25, -0.2) is 9.67 Å². The molecule has 0 aliphatic carbocycles. The van der Waals surface area contributed by atoms with E-state index in [0.717, 1.165) is 11.1 Å². The molecular weight excluding hydrogens is 262 g/mol. The minimum absolute atomic E-state index is 0.175.